The molecule has 0 radical (unpaired) electrons. The molecule has 3 heterocycles. The van der Waals surface area contributed by atoms with Crippen molar-refractivity contribution in [1.29, 1.82) is 0 Å². The smallest absolute Gasteiger partial charge is 0.322 e. The minimum absolute atomic E-state index is 0.000918. The number of nitrogens with one attached hydrogen (secondary N) is 1. The second-order valence-corrected chi connectivity index (χ2v) is 6.80. The van der Waals surface area contributed by atoms with Crippen molar-refractivity contribution in [1.82, 2.24) is 15.2 Å². The molecule has 1 atom stereocenters. The normalized spacial score (nSPS) is 19.7. The van der Waals surface area contributed by atoms with Crippen molar-refractivity contribution in [3.63, 3.8) is 0 Å². The van der Waals surface area contributed by atoms with Crippen LogP contribution < -0.4 is 10.2 Å². The Labute approximate surface area is 152 Å². The Morgan fingerprint density at radius 3 is 2.85 bits per heavy atom. The van der Waals surface area contributed by atoms with Gasteiger partial charge in [-0.15, -0.1) is 0 Å². The Morgan fingerprint density at radius 2 is 2.12 bits per heavy atom. The zero-order valence-electron chi connectivity index (χ0n) is 14.8. The van der Waals surface area contributed by atoms with Gasteiger partial charge in [-0.3, -0.25) is 14.7 Å². The Bertz CT molecular complexity index is 837. The molecular weight excluding hydrogens is 328 g/mol. The van der Waals surface area contributed by atoms with E-state index in [0.717, 1.165) is 36.3 Å². The van der Waals surface area contributed by atoms with Gasteiger partial charge in [-0.05, 0) is 49.6 Å². The first kappa shape index (κ1) is 16.6. The zero-order valence-corrected chi connectivity index (χ0v) is 14.8. The molecule has 2 aromatic rings. The first-order valence-corrected chi connectivity index (χ1v) is 9.03. The number of aryl methyl sites for hydroxylation is 1. The Hall–Kier alpha value is -2.89. The van der Waals surface area contributed by atoms with Crippen LogP contribution in [0.5, 0.6) is 0 Å². The van der Waals surface area contributed by atoms with Crippen LogP contribution in [-0.4, -0.2) is 41.5 Å². The minimum atomic E-state index is -0.106. The van der Waals surface area contributed by atoms with E-state index in [4.69, 9.17) is 0 Å². The Balaban J connectivity index is 1.63. The van der Waals surface area contributed by atoms with Crippen molar-refractivity contribution in [2.45, 2.75) is 25.8 Å². The van der Waals surface area contributed by atoms with Gasteiger partial charge in [0.1, 0.15) is 0 Å². The molecule has 6 nitrogen and oxygen atoms in total. The highest BCUT2D eigenvalue weighted by molar-refractivity contribution is 5.99. The van der Waals surface area contributed by atoms with Crippen molar-refractivity contribution in [2.24, 2.45) is 0 Å². The number of carbonyl (C=O) groups is 2. The fourth-order valence-corrected chi connectivity index (χ4v) is 3.79. The molecule has 2 aliphatic rings. The number of aromatic nitrogens is 1. The third-order valence-corrected chi connectivity index (χ3v) is 5.15. The summed E-state index contributed by atoms with van der Waals surface area (Å²) in [6.45, 7) is 3.94. The molecule has 1 unspecified atom stereocenters. The number of rotatable bonds is 3. The van der Waals surface area contributed by atoms with E-state index in [0.29, 0.717) is 18.7 Å². The molecule has 2 saturated heterocycles. The van der Waals surface area contributed by atoms with Crippen LogP contribution >= 0.6 is 0 Å². The van der Waals surface area contributed by atoms with Crippen LogP contribution in [-0.2, 0) is 0 Å². The van der Waals surface area contributed by atoms with Gasteiger partial charge in [0.05, 0.1) is 11.7 Å². The average Bonchev–Trinajstić information content (AvgIpc) is 3.31. The molecule has 0 spiro atoms. The lowest BCUT2D eigenvalue weighted by Gasteiger charge is -2.25. The number of carbonyl (C=O) groups excluding carboxylic acids is 2. The standard InChI is InChI=1S/C20H22N4O2/c1-14-7-8-15(13-18(14)24-12-10-22-20(24)26)19(25)23-11-4-6-17(23)16-5-2-3-9-21-16/h2-3,5,7-9,13,17H,4,6,10-12H2,1H3,(H,22,26). The Kier molecular flexibility index (Phi) is 4.32. The molecular formula is C20H22N4O2. The summed E-state index contributed by atoms with van der Waals surface area (Å²) in [7, 11) is 0. The number of amides is 3. The van der Waals surface area contributed by atoms with E-state index in [1.807, 2.05) is 48.2 Å². The molecule has 134 valence electrons. The number of likely N-dealkylation sites (tertiary alicyclic amines) is 1. The summed E-state index contributed by atoms with van der Waals surface area (Å²) < 4.78 is 0. The van der Waals surface area contributed by atoms with Crippen molar-refractivity contribution in [2.75, 3.05) is 24.5 Å². The van der Waals surface area contributed by atoms with Crippen LogP contribution in [0.4, 0.5) is 10.5 Å². The second-order valence-electron chi connectivity index (χ2n) is 6.80. The van der Waals surface area contributed by atoms with Crippen LogP contribution in [0.1, 0.15) is 40.5 Å². The van der Waals surface area contributed by atoms with Gasteiger partial charge < -0.3 is 10.2 Å². The summed E-state index contributed by atoms with van der Waals surface area (Å²) in [6, 6.07) is 11.3. The van der Waals surface area contributed by atoms with E-state index >= 15 is 0 Å². The summed E-state index contributed by atoms with van der Waals surface area (Å²) in [5, 5.41) is 2.81. The molecule has 4 rings (SSSR count). The predicted molar refractivity (Wildman–Crippen MR) is 99.2 cm³/mol. The highest BCUT2D eigenvalue weighted by Crippen LogP contribution is 2.33. The largest absolute Gasteiger partial charge is 0.336 e. The van der Waals surface area contributed by atoms with Gasteiger partial charge in [-0.25, -0.2) is 4.79 Å². The number of hydrogen-bond acceptors (Lipinski definition) is 3. The van der Waals surface area contributed by atoms with Gasteiger partial charge in [-0.2, -0.15) is 0 Å². The molecule has 6 heteroatoms. The number of benzene rings is 1. The second kappa shape index (κ2) is 6.78. The molecule has 1 aromatic heterocycles. The molecule has 26 heavy (non-hydrogen) atoms. The van der Waals surface area contributed by atoms with Crippen LogP contribution in [0.15, 0.2) is 42.6 Å². The lowest BCUT2D eigenvalue weighted by molar-refractivity contribution is 0.0733. The molecule has 3 amide bonds. The summed E-state index contributed by atoms with van der Waals surface area (Å²) in [5.41, 5.74) is 3.35. The van der Waals surface area contributed by atoms with E-state index in [9.17, 15) is 9.59 Å². The number of pyridine rings is 1. The van der Waals surface area contributed by atoms with E-state index in [1.54, 1.807) is 11.1 Å². The highest BCUT2D eigenvalue weighted by atomic mass is 16.2. The summed E-state index contributed by atoms with van der Waals surface area (Å²) in [5.74, 6) is -0.000918. The molecule has 1 N–H and O–H groups in total. The van der Waals surface area contributed by atoms with Crippen LogP contribution in [0.2, 0.25) is 0 Å². The first-order chi connectivity index (χ1) is 12.6. The molecule has 2 aliphatic heterocycles. The monoisotopic (exact) mass is 350 g/mol. The predicted octanol–water partition coefficient (Wildman–Crippen LogP) is 2.90. The SMILES string of the molecule is Cc1ccc(C(=O)N2CCCC2c2ccccn2)cc1N1CCNC1=O. The van der Waals surface area contributed by atoms with Gasteiger partial charge in [0.25, 0.3) is 5.91 Å². The third-order valence-electron chi connectivity index (χ3n) is 5.15. The maximum atomic E-state index is 13.2. The maximum Gasteiger partial charge on any atom is 0.322 e. The topological polar surface area (TPSA) is 65.5 Å². The van der Waals surface area contributed by atoms with Gasteiger partial charge in [0, 0.05) is 37.1 Å². The summed E-state index contributed by atoms with van der Waals surface area (Å²) >= 11 is 0. The molecule has 1 aromatic carbocycles. The van der Waals surface area contributed by atoms with Crippen LogP contribution in [0, 0.1) is 6.92 Å². The number of nitrogens with zero attached hydrogens (tertiary/aromatic N) is 3. The number of hydrogen-bond donors (Lipinski definition) is 1. The lowest BCUT2D eigenvalue weighted by atomic mass is 10.1. The van der Waals surface area contributed by atoms with Crippen LogP contribution in [0.3, 0.4) is 0 Å². The van der Waals surface area contributed by atoms with E-state index in [2.05, 4.69) is 10.3 Å². The molecule has 0 bridgehead atoms. The number of anilines is 1. The van der Waals surface area contributed by atoms with Crippen LogP contribution in [0.25, 0.3) is 0 Å². The van der Waals surface area contributed by atoms with Gasteiger partial charge >= 0.3 is 6.03 Å². The van der Waals surface area contributed by atoms with Gasteiger partial charge in [0.2, 0.25) is 0 Å². The molecule has 0 aliphatic carbocycles. The minimum Gasteiger partial charge on any atom is -0.336 e. The van der Waals surface area contributed by atoms with Gasteiger partial charge in [-0.1, -0.05) is 12.1 Å². The lowest BCUT2D eigenvalue weighted by Crippen LogP contribution is -2.32. The fourth-order valence-electron chi connectivity index (χ4n) is 3.79. The molecule has 0 saturated carbocycles. The number of urea groups is 1. The van der Waals surface area contributed by atoms with Gasteiger partial charge in [0.15, 0.2) is 0 Å². The van der Waals surface area contributed by atoms with Crippen molar-refractivity contribution in [3.8, 4) is 0 Å². The van der Waals surface area contributed by atoms with Crippen molar-refractivity contribution >= 4 is 17.6 Å². The Morgan fingerprint density at radius 1 is 1.23 bits per heavy atom. The molecule has 2 fully saturated rings. The summed E-state index contributed by atoms with van der Waals surface area (Å²) in [4.78, 5) is 33.2. The van der Waals surface area contributed by atoms with Crippen molar-refractivity contribution in [3.05, 3.63) is 59.4 Å². The average molecular weight is 350 g/mol. The third kappa shape index (κ3) is 2.92. The van der Waals surface area contributed by atoms with Crippen molar-refractivity contribution < 1.29 is 9.59 Å². The van der Waals surface area contributed by atoms with E-state index in [-0.39, 0.29) is 18.0 Å². The first-order valence-electron chi connectivity index (χ1n) is 9.03. The maximum absolute atomic E-state index is 13.2. The van der Waals surface area contributed by atoms with E-state index < -0.39 is 0 Å². The quantitative estimate of drug-likeness (QED) is 0.926. The fraction of sp³-hybridized carbons (Fsp3) is 0.350. The summed E-state index contributed by atoms with van der Waals surface area (Å²) in [6.07, 6.45) is 3.67. The zero-order chi connectivity index (χ0) is 18.1. The van der Waals surface area contributed by atoms with E-state index in [1.165, 1.54) is 0 Å². The highest BCUT2D eigenvalue weighted by Gasteiger charge is 2.32.